The van der Waals surface area contributed by atoms with E-state index in [1.54, 1.807) is 12.4 Å². The summed E-state index contributed by atoms with van der Waals surface area (Å²) < 4.78 is 1.06. The van der Waals surface area contributed by atoms with Crippen LogP contribution in [-0.2, 0) is 0 Å². The van der Waals surface area contributed by atoms with Gasteiger partial charge < -0.3 is 5.32 Å². The Bertz CT molecular complexity index is 399. The quantitative estimate of drug-likeness (QED) is 0.890. The summed E-state index contributed by atoms with van der Waals surface area (Å²) in [6.07, 6.45) is 4.97. The van der Waals surface area contributed by atoms with Crippen molar-refractivity contribution in [2.24, 2.45) is 0 Å². The van der Waals surface area contributed by atoms with Gasteiger partial charge >= 0.3 is 0 Å². The molecule has 1 N–H and O–H groups in total. The van der Waals surface area contributed by atoms with Crippen LogP contribution in [0.25, 0.3) is 0 Å². The number of halogens is 1. The van der Waals surface area contributed by atoms with E-state index >= 15 is 0 Å². The highest BCUT2D eigenvalue weighted by Gasteiger charge is 1.93. The van der Waals surface area contributed by atoms with E-state index in [1.165, 1.54) is 6.33 Å². The van der Waals surface area contributed by atoms with Gasteiger partial charge in [-0.3, -0.25) is 0 Å². The maximum absolute atomic E-state index is 3.92. The minimum atomic E-state index is 0.884. The second-order valence-corrected chi connectivity index (χ2v) is 3.67. The van der Waals surface area contributed by atoms with Crippen LogP contribution in [0.2, 0.25) is 0 Å². The molecule has 0 aliphatic heterocycles. The van der Waals surface area contributed by atoms with Gasteiger partial charge in [0.05, 0.1) is 18.1 Å². The van der Waals surface area contributed by atoms with E-state index in [4.69, 9.17) is 0 Å². The molecule has 1 aromatic heterocycles. The summed E-state index contributed by atoms with van der Waals surface area (Å²) in [5.41, 5.74) is 1.90. The van der Waals surface area contributed by atoms with Gasteiger partial charge in [-0.05, 0) is 24.3 Å². The Morgan fingerprint density at radius 3 is 2.21 bits per heavy atom. The van der Waals surface area contributed by atoms with Crippen LogP contribution in [0.3, 0.4) is 0 Å². The number of anilines is 2. The summed E-state index contributed by atoms with van der Waals surface area (Å²) in [6.45, 7) is 0. The van der Waals surface area contributed by atoms with E-state index in [0.29, 0.717) is 0 Å². The predicted molar refractivity (Wildman–Crippen MR) is 59.5 cm³/mol. The van der Waals surface area contributed by atoms with Gasteiger partial charge in [-0.2, -0.15) is 0 Å². The van der Waals surface area contributed by atoms with Gasteiger partial charge in [0.25, 0.3) is 0 Å². The Morgan fingerprint density at radius 2 is 1.57 bits per heavy atom. The average Bonchev–Trinajstić information content (AvgIpc) is 2.23. The first-order valence-corrected chi connectivity index (χ1v) is 4.91. The van der Waals surface area contributed by atoms with Gasteiger partial charge in [0.1, 0.15) is 6.33 Å². The van der Waals surface area contributed by atoms with E-state index in [0.717, 1.165) is 15.8 Å². The smallest absolute Gasteiger partial charge is 0.115 e. The number of aromatic nitrogens is 2. The molecule has 0 unspecified atom stereocenters. The Morgan fingerprint density at radius 1 is 0.929 bits per heavy atom. The third-order valence-electron chi connectivity index (χ3n) is 1.69. The molecule has 14 heavy (non-hydrogen) atoms. The van der Waals surface area contributed by atoms with Crippen LogP contribution in [0.1, 0.15) is 0 Å². The van der Waals surface area contributed by atoms with Crippen LogP contribution >= 0.6 is 15.9 Å². The van der Waals surface area contributed by atoms with Crippen LogP contribution in [-0.4, -0.2) is 9.97 Å². The maximum Gasteiger partial charge on any atom is 0.115 e. The fourth-order valence-corrected chi connectivity index (χ4v) is 1.33. The molecule has 2 rings (SSSR count). The lowest BCUT2D eigenvalue weighted by Gasteiger charge is -2.04. The zero-order chi connectivity index (χ0) is 9.80. The summed E-state index contributed by atoms with van der Waals surface area (Å²) in [4.78, 5) is 7.83. The van der Waals surface area contributed by atoms with Crippen molar-refractivity contribution in [2.45, 2.75) is 0 Å². The molecule has 0 radical (unpaired) electrons. The highest BCUT2D eigenvalue weighted by molar-refractivity contribution is 9.10. The van der Waals surface area contributed by atoms with Gasteiger partial charge in [0.2, 0.25) is 0 Å². The lowest BCUT2D eigenvalue weighted by atomic mass is 10.3. The number of benzene rings is 1. The van der Waals surface area contributed by atoms with Gasteiger partial charge in [-0.15, -0.1) is 0 Å². The molecule has 3 nitrogen and oxygen atoms in total. The largest absolute Gasteiger partial charge is 0.353 e. The number of rotatable bonds is 2. The number of nitrogens with zero attached hydrogens (tertiary/aromatic N) is 2. The lowest BCUT2D eigenvalue weighted by molar-refractivity contribution is 1.17. The minimum Gasteiger partial charge on any atom is -0.353 e. The van der Waals surface area contributed by atoms with Crippen LogP contribution in [0, 0.1) is 0 Å². The lowest BCUT2D eigenvalue weighted by Crippen LogP contribution is -1.90. The Kier molecular flexibility index (Phi) is 2.74. The molecule has 1 aromatic carbocycles. The molecule has 4 heteroatoms. The topological polar surface area (TPSA) is 37.8 Å². The fourth-order valence-electron chi connectivity index (χ4n) is 1.06. The molecule has 70 valence electrons. The molecular formula is C10H8BrN3. The number of nitrogens with one attached hydrogen (secondary N) is 1. The highest BCUT2D eigenvalue weighted by atomic mass is 79.9. The normalized spacial score (nSPS) is 9.79. The first-order chi connectivity index (χ1) is 6.84. The Balaban J connectivity index is 2.16. The van der Waals surface area contributed by atoms with E-state index in [-0.39, 0.29) is 0 Å². The monoisotopic (exact) mass is 249 g/mol. The third kappa shape index (κ3) is 2.29. The Hall–Kier alpha value is -1.42. The first-order valence-electron chi connectivity index (χ1n) is 4.12. The summed E-state index contributed by atoms with van der Waals surface area (Å²) in [7, 11) is 0. The highest BCUT2D eigenvalue weighted by Crippen LogP contribution is 2.17. The zero-order valence-electron chi connectivity index (χ0n) is 7.31. The number of hydrogen-bond donors (Lipinski definition) is 1. The molecule has 1 heterocycles. The van der Waals surface area contributed by atoms with Gasteiger partial charge in [0, 0.05) is 10.2 Å². The van der Waals surface area contributed by atoms with Crippen LogP contribution in [0.15, 0.2) is 47.5 Å². The fraction of sp³-hybridized carbons (Fsp3) is 0. The van der Waals surface area contributed by atoms with E-state index in [1.807, 2.05) is 24.3 Å². The predicted octanol–water partition coefficient (Wildman–Crippen LogP) is 2.98. The molecule has 0 fully saturated rings. The second-order valence-electron chi connectivity index (χ2n) is 2.76. The molecule has 0 spiro atoms. The molecule has 2 aromatic rings. The van der Waals surface area contributed by atoms with Crippen molar-refractivity contribution in [3.05, 3.63) is 47.5 Å². The SMILES string of the molecule is Brc1ccc(Nc2cncnc2)cc1. The number of hydrogen-bond acceptors (Lipinski definition) is 3. The van der Waals surface area contributed by atoms with Gasteiger partial charge in [-0.1, -0.05) is 15.9 Å². The molecule has 0 aliphatic carbocycles. The summed E-state index contributed by atoms with van der Waals surface area (Å²) >= 11 is 3.38. The molecule has 0 bridgehead atoms. The molecule has 0 saturated heterocycles. The van der Waals surface area contributed by atoms with Crippen molar-refractivity contribution >= 4 is 27.3 Å². The average molecular weight is 250 g/mol. The molecule has 0 saturated carbocycles. The van der Waals surface area contributed by atoms with E-state index in [2.05, 4.69) is 31.2 Å². The van der Waals surface area contributed by atoms with Gasteiger partial charge in [-0.25, -0.2) is 9.97 Å². The standard InChI is InChI=1S/C10H8BrN3/c11-8-1-3-9(4-2-8)14-10-5-12-7-13-6-10/h1-7,14H. The van der Waals surface area contributed by atoms with E-state index in [9.17, 15) is 0 Å². The van der Waals surface area contributed by atoms with Crippen LogP contribution in [0.4, 0.5) is 11.4 Å². The summed E-state index contributed by atoms with van der Waals surface area (Å²) in [5, 5.41) is 3.19. The third-order valence-corrected chi connectivity index (χ3v) is 2.22. The molecule has 0 amide bonds. The van der Waals surface area contributed by atoms with Crippen molar-refractivity contribution in [2.75, 3.05) is 5.32 Å². The van der Waals surface area contributed by atoms with Crippen molar-refractivity contribution < 1.29 is 0 Å². The molecule has 0 atom stereocenters. The Labute approximate surface area is 90.3 Å². The first kappa shape index (κ1) is 9.15. The van der Waals surface area contributed by atoms with Crippen molar-refractivity contribution in [3.8, 4) is 0 Å². The molecular weight excluding hydrogens is 242 g/mol. The van der Waals surface area contributed by atoms with Crippen LogP contribution in [0.5, 0.6) is 0 Å². The summed E-state index contributed by atoms with van der Waals surface area (Å²) in [5.74, 6) is 0. The second kappa shape index (κ2) is 4.19. The van der Waals surface area contributed by atoms with Crippen molar-refractivity contribution in [1.29, 1.82) is 0 Å². The van der Waals surface area contributed by atoms with Crippen molar-refractivity contribution in [1.82, 2.24) is 9.97 Å². The molecule has 0 aliphatic rings. The van der Waals surface area contributed by atoms with Crippen LogP contribution < -0.4 is 5.32 Å². The van der Waals surface area contributed by atoms with Crippen molar-refractivity contribution in [3.63, 3.8) is 0 Å². The van der Waals surface area contributed by atoms with E-state index < -0.39 is 0 Å². The zero-order valence-corrected chi connectivity index (χ0v) is 8.90. The minimum absolute atomic E-state index is 0.884. The summed E-state index contributed by atoms with van der Waals surface area (Å²) in [6, 6.07) is 7.92. The maximum atomic E-state index is 3.92. The van der Waals surface area contributed by atoms with Gasteiger partial charge in [0.15, 0.2) is 0 Å².